The number of carbonyl (C=O) groups excluding carboxylic acids is 1. The molecule has 21 heavy (non-hydrogen) atoms. The summed E-state index contributed by atoms with van der Waals surface area (Å²) in [5, 5.41) is 2.76. The molecule has 0 bridgehead atoms. The van der Waals surface area contributed by atoms with Crippen molar-refractivity contribution in [1.82, 2.24) is 5.32 Å². The third kappa shape index (κ3) is 3.69. The highest BCUT2D eigenvalue weighted by Gasteiger charge is 2.22. The van der Waals surface area contributed by atoms with Crippen molar-refractivity contribution in [3.05, 3.63) is 71.0 Å². The highest BCUT2D eigenvalue weighted by Crippen LogP contribution is 2.26. The van der Waals surface area contributed by atoms with Gasteiger partial charge in [-0.05, 0) is 22.6 Å². The largest absolute Gasteiger partial charge is 0.348 e. The van der Waals surface area contributed by atoms with Crippen molar-refractivity contribution in [2.75, 3.05) is 0 Å². The standard InChI is InChI=1S/C18H20FNO/c1-18(2,3)15-11-7-10-14(16(15)19)17(21)20-12-13-8-5-4-6-9-13/h4-11H,12H2,1-3H3,(H,20,21). The Morgan fingerprint density at radius 3 is 2.33 bits per heavy atom. The molecule has 1 N–H and O–H groups in total. The SMILES string of the molecule is CC(C)(C)c1cccc(C(=O)NCc2ccccc2)c1F. The first-order chi connectivity index (χ1) is 9.89. The molecule has 2 aromatic rings. The molecule has 0 heterocycles. The maximum absolute atomic E-state index is 14.5. The van der Waals surface area contributed by atoms with E-state index in [-0.39, 0.29) is 16.9 Å². The lowest BCUT2D eigenvalue weighted by atomic mass is 9.85. The highest BCUT2D eigenvalue weighted by molar-refractivity contribution is 5.94. The van der Waals surface area contributed by atoms with E-state index in [4.69, 9.17) is 0 Å². The van der Waals surface area contributed by atoms with Gasteiger partial charge >= 0.3 is 0 Å². The van der Waals surface area contributed by atoms with Gasteiger partial charge in [-0.15, -0.1) is 0 Å². The molecular formula is C18H20FNO. The topological polar surface area (TPSA) is 29.1 Å². The number of halogens is 1. The van der Waals surface area contributed by atoms with Crippen LogP contribution in [0, 0.1) is 5.82 Å². The van der Waals surface area contributed by atoms with Crippen molar-refractivity contribution in [3.8, 4) is 0 Å². The molecule has 0 radical (unpaired) electrons. The van der Waals surface area contributed by atoms with E-state index in [2.05, 4.69) is 5.32 Å². The van der Waals surface area contributed by atoms with Gasteiger partial charge in [-0.2, -0.15) is 0 Å². The van der Waals surface area contributed by atoms with E-state index in [1.54, 1.807) is 12.1 Å². The fraction of sp³-hybridized carbons (Fsp3) is 0.278. The van der Waals surface area contributed by atoms with E-state index in [0.717, 1.165) is 5.56 Å². The third-order valence-electron chi connectivity index (χ3n) is 3.35. The summed E-state index contributed by atoms with van der Waals surface area (Å²) in [5.41, 5.74) is 1.30. The minimum atomic E-state index is -0.435. The molecule has 0 saturated carbocycles. The van der Waals surface area contributed by atoms with Gasteiger partial charge in [0, 0.05) is 6.54 Å². The lowest BCUT2D eigenvalue weighted by molar-refractivity contribution is 0.0946. The second kappa shape index (κ2) is 6.08. The first kappa shape index (κ1) is 15.2. The molecular weight excluding hydrogens is 265 g/mol. The number of rotatable bonds is 3. The van der Waals surface area contributed by atoms with Crippen LogP contribution in [0.5, 0.6) is 0 Å². The van der Waals surface area contributed by atoms with Crippen LogP contribution < -0.4 is 5.32 Å². The zero-order valence-electron chi connectivity index (χ0n) is 12.6. The van der Waals surface area contributed by atoms with Crippen molar-refractivity contribution >= 4 is 5.91 Å². The Morgan fingerprint density at radius 1 is 1.05 bits per heavy atom. The molecule has 0 aromatic heterocycles. The van der Waals surface area contributed by atoms with Gasteiger partial charge < -0.3 is 5.32 Å². The Morgan fingerprint density at radius 2 is 1.71 bits per heavy atom. The van der Waals surface area contributed by atoms with E-state index in [9.17, 15) is 9.18 Å². The molecule has 2 nitrogen and oxygen atoms in total. The first-order valence-corrected chi connectivity index (χ1v) is 7.00. The fourth-order valence-electron chi connectivity index (χ4n) is 2.16. The van der Waals surface area contributed by atoms with Crippen molar-refractivity contribution in [2.24, 2.45) is 0 Å². The van der Waals surface area contributed by atoms with Gasteiger partial charge in [-0.1, -0.05) is 63.2 Å². The van der Waals surface area contributed by atoms with Gasteiger partial charge in [0.25, 0.3) is 5.91 Å². The van der Waals surface area contributed by atoms with Crippen molar-refractivity contribution in [1.29, 1.82) is 0 Å². The maximum Gasteiger partial charge on any atom is 0.254 e. The molecule has 2 rings (SSSR count). The van der Waals surface area contributed by atoms with Crippen molar-refractivity contribution in [2.45, 2.75) is 32.7 Å². The van der Waals surface area contributed by atoms with Crippen LogP contribution in [-0.4, -0.2) is 5.91 Å². The Labute approximate surface area is 125 Å². The molecule has 0 atom stereocenters. The second-order valence-corrected chi connectivity index (χ2v) is 6.09. The van der Waals surface area contributed by atoms with Crippen LogP contribution in [-0.2, 0) is 12.0 Å². The summed E-state index contributed by atoms with van der Waals surface area (Å²) < 4.78 is 14.5. The lowest BCUT2D eigenvalue weighted by Crippen LogP contribution is -2.25. The molecule has 0 aliphatic rings. The van der Waals surface area contributed by atoms with E-state index in [0.29, 0.717) is 12.1 Å². The molecule has 0 unspecified atom stereocenters. The molecule has 0 saturated heterocycles. The molecule has 1 amide bonds. The monoisotopic (exact) mass is 285 g/mol. The zero-order chi connectivity index (χ0) is 15.5. The molecule has 3 heteroatoms. The van der Waals surface area contributed by atoms with Crippen LogP contribution in [0.1, 0.15) is 42.3 Å². The Hall–Kier alpha value is -2.16. The normalized spacial score (nSPS) is 11.2. The van der Waals surface area contributed by atoms with Crippen LogP contribution in [0.4, 0.5) is 4.39 Å². The minimum Gasteiger partial charge on any atom is -0.348 e. The smallest absolute Gasteiger partial charge is 0.254 e. The van der Waals surface area contributed by atoms with E-state index >= 15 is 0 Å². The summed E-state index contributed by atoms with van der Waals surface area (Å²) in [7, 11) is 0. The van der Waals surface area contributed by atoms with Crippen LogP contribution >= 0.6 is 0 Å². The number of nitrogens with one attached hydrogen (secondary N) is 1. The summed E-state index contributed by atoms with van der Waals surface area (Å²) in [6.07, 6.45) is 0. The number of amides is 1. The van der Waals surface area contributed by atoms with E-state index < -0.39 is 5.82 Å². The quantitative estimate of drug-likeness (QED) is 0.905. The van der Waals surface area contributed by atoms with Gasteiger partial charge in [-0.25, -0.2) is 4.39 Å². The number of hydrogen-bond donors (Lipinski definition) is 1. The summed E-state index contributed by atoms with van der Waals surface area (Å²) >= 11 is 0. The van der Waals surface area contributed by atoms with Crippen molar-refractivity contribution < 1.29 is 9.18 Å². The summed E-state index contributed by atoms with van der Waals surface area (Å²) in [5.74, 6) is -0.821. The van der Waals surface area contributed by atoms with Gasteiger partial charge in [0.05, 0.1) is 5.56 Å². The average Bonchev–Trinajstić information content (AvgIpc) is 2.45. The van der Waals surface area contributed by atoms with Crippen LogP contribution in [0.2, 0.25) is 0 Å². The zero-order valence-corrected chi connectivity index (χ0v) is 12.6. The third-order valence-corrected chi connectivity index (χ3v) is 3.35. The Bertz CT molecular complexity index is 629. The average molecular weight is 285 g/mol. The van der Waals surface area contributed by atoms with Crippen LogP contribution in [0.25, 0.3) is 0 Å². The second-order valence-electron chi connectivity index (χ2n) is 6.09. The molecule has 0 fully saturated rings. The number of hydrogen-bond acceptors (Lipinski definition) is 1. The van der Waals surface area contributed by atoms with Crippen LogP contribution in [0.15, 0.2) is 48.5 Å². The Kier molecular flexibility index (Phi) is 4.41. The summed E-state index contributed by atoms with van der Waals surface area (Å²) in [6.45, 7) is 6.17. The summed E-state index contributed by atoms with van der Waals surface area (Å²) in [4.78, 5) is 12.2. The van der Waals surface area contributed by atoms with Gasteiger partial charge in [0.15, 0.2) is 0 Å². The molecule has 2 aromatic carbocycles. The predicted molar refractivity (Wildman–Crippen MR) is 82.7 cm³/mol. The number of benzene rings is 2. The molecule has 0 aliphatic heterocycles. The number of carbonyl (C=O) groups is 1. The highest BCUT2D eigenvalue weighted by atomic mass is 19.1. The maximum atomic E-state index is 14.5. The van der Waals surface area contributed by atoms with Crippen LogP contribution in [0.3, 0.4) is 0 Å². The van der Waals surface area contributed by atoms with Gasteiger partial charge in [0.1, 0.15) is 5.82 Å². The van der Waals surface area contributed by atoms with Gasteiger partial charge in [-0.3, -0.25) is 4.79 Å². The minimum absolute atomic E-state index is 0.0957. The summed E-state index contributed by atoms with van der Waals surface area (Å²) in [6, 6.07) is 14.5. The van der Waals surface area contributed by atoms with Gasteiger partial charge in [0.2, 0.25) is 0 Å². The molecule has 0 aliphatic carbocycles. The lowest BCUT2D eigenvalue weighted by Gasteiger charge is -2.20. The molecule has 110 valence electrons. The van der Waals surface area contributed by atoms with Crippen molar-refractivity contribution in [3.63, 3.8) is 0 Å². The first-order valence-electron chi connectivity index (χ1n) is 7.00. The molecule has 0 spiro atoms. The predicted octanol–water partition coefficient (Wildman–Crippen LogP) is 4.05. The van der Waals surface area contributed by atoms with E-state index in [1.807, 2.05) is 51.1 Å². The van der Waals surface area contributed by atoms with E-state index in [1.165, 1.54) is 6.07 Å². The fourth-order valence-corrected chi connectivity index (χ4v) is 2.16. The Balaban J connectivity index is 2.17.